The molecule has 3 heterocycles. The average molecular weight is 396 g/mol. The molecule has 0 aliphatic rings. The molecular weight excluding hydrogens is 379 g/mol. The lowest BCUT2D eigenvalue weighted by Crippen LogP contribution is -2.10. The summed E-state index contributed by atoms with van der Waals surface area (Å²) in [5, 5.41) is 5.03. The minimum atomic E-state index is -0.668. The number of aryl methyl sites for hydroxylation is 1. The summed E-state index contributed by atoms with van der Waals surface area (Å²) in [5.41, 5.74) is 8.29. The fourth-order valence-electron chi connectivity index (χ4n) is 3.15. The highest BCUT2D eigenvalue weighted by Crippen LogP contribution is 2.41. The number of nitrogens with zero attached hydrogens (tertiary/aromatic N) is 3. The highest BCUT2D eigenvalue weighted by molar-refractivity contribution is 7.17. The van der Waals surface area contributed by atoms with Gasteiger partial charge in [-0.3, -0.25) is 4.79 Å². The topological polar surface area (TPSA) is 82.5 Å². The van der Waals surface area contributed by atoms with Gasteiger partial charge in [0.15, 0.2) is 0 Å². The Morgan fingerprint density at radius 3 is 2.82 bits per heavy atom. The third kappa shape index (κ3) is 2.91. The molecule has 0 atom stereocenters. The van der Waals surface area contributed by atoms with Crippen LogP contribution in [0.25, 0.3) is 27.3 Å². The SMILES string of the molecule is CCOc1cccc(F)c1-c1nc(-c2c(C)nn3ccccc23)sc1C(N)=O. The van der Waals surface area contributed by atoms with Gasteiger partial charge in [-0.25, -0.2) is 13.9 Å². The first kappa shape index (κ1) is 18.1. The predicted octanol–water partition coefficient (Wildman–Crippen LogP) is 4.07. The number of carbonyl (C=O) groups is 1. The van der Waals surface area contributed by atoms with E-state index >= 15 is 0 Å². The number of benzene rings is 1. The van der Waals surface area contributed by atoms with Crippen LogP contribution < -0.4 is 10.5 Å². The van der Waals surface area contributed by atoms with Crippen LogP contribution in [0.4, 0.5) is 4.39 Å². The number of carbonyl (C=O) groups excluding carboxylic acids is 1. The second kappa shape index (κ2) is 7.05. The quantitative estimate of drug-likeness (QED) is 0.551. The van der Waals surface area contributed by atoms with Gasteiger partial charge in [0.05, 0.1) is 28.9 Å². The molecule has 142 valence electrons. The Morgan fingerprint density at radius 2 is 2.07 bits per heavy atom. The summed E-state index contributed by atoms with van der Waals surface area (Å²) in [6, 6.07) is 10.2. The maximum atomic E-state index is 14.7. The van der Waals surface area contributed by atoms with E-state index in [0.29, 0.717) is 17.4 Å². The zero-order valence-electron chi connectivity index (χ0n) is 15.3. The van der Waals surface area contributed by atoms with Crippen LogP contribution in [0, 0.1) is 12.7 Å². The van der Waals surface area contributed by atoms with E-state index in [-0.39, 0.29) is 16.1 Å². The molecule has 0 saturated heterocycles. The lowest BCUT2D eigenvalue weighted by molar-refractivity contribution is 0.100. The van der Waals surface area contributed by atoms with Crippen LogP contribution in [-0.4, -0.2) is 27.1 Å². The van der Waals surface area contributed by atoms with Gasteiger partial charge in [-0.15, -0.1) is 11.3 Å². The van der Waals surface area contributed by atoms with Gasteiger partial charge < -0.3 is 10.5 Å². The minimum Gasteiger partial charge on any atom is -0.493 e. The van der Waals surface area contributed by atoms with Crippen molar-refractivity contribution >= 4 is 22.8 Å². The number of hydrogen-bond donors (Lipinski definition) is 1. The molecule has 0 fully saturated rings. The summed E-state index contributed by atoms with van der Waals surface area (Å²) < 4.78 is 22.0. The van der Waals surface area contributed by atoms with Crippen LogP contribution in [0.1, 0.15) is 22.3 Å². The lowest BCUT2D eigenvalue weighted by Gasteiger charge is -2.10. The number of ether oxygens (including phenoxy) is 1. The predicted molar refractivity (Wildman–Crippen MR) is 106 cm³/mol. The summed E-state index contributed by atoms with van der Waals surface area (Å²) >= 11 is 1.12. The Balaban J connectivity index is 1.98. The van der Waals surface area contributed by atoms with Crippen molar-refractivity contribution in [3.05, 3.63) is 59.0 Å². The molecule has 0 spiro atoms. The molecule has 0 aliphatic heterocycles. The Morgan fingerprint density at radius 1 is 1.25 bits per heavy atom. The van der Waals surface area contributed by atoms with Gasteiger partial charge in [0, 0.05) is 6.20 Å². The summed E-state index contributed by atoms with van der Waals surface area (Å²) in [6.07, 6.45) is 1.83. The Labute approximate surface area is 164 Å². The van der Waals surface area contributed by atoms with Crippen molar-refractivity contribution in [2.45, 2.75) is 13.8 Å². The summed E-state index contributed by atoms with van der Waals surface area (Å²) in [4.78, 5) is 16.9. The van der Waals surface area contributed by atoms with Gasteiger partial charge in [-0.05, 0) is 38.1 Å². The van der Waals surface area contributed by atoms with E-state index in [2.05, 4.69) is 10.1 Å². The van der Waals surface area contributed by atoms with E-state index < -0.39 is 11.7 Å². The van der Waals surface area contributed by atoms with Crippen LogP contribution in [0.5, 0.6) is 5.75 Å². The van der Waals surface area contributed by atoms with E-state index in [1.807, 2.05) is 31.3 Å². The first-order chi connectivity index (χ1) is 13.5. The number of pyridine rings is 1. The second-order valence-electron chi connectivity index (χ2n) is 6.10. The zero-order chi connectivity index (χ0) is 19.8. The number of halogens is 1. The smallest absolute Gasteiger partial charge is 0.261 e. The third-order valence-corrected chi connectivity index (χ3v) is 5.38. The monoisotopic (exact) mass is 396 g/mol. The van der Waals surface area contributed by atoms with Crippen molar-refractivity contribution in [1.29, 1.82) is 0 Å². The first-order valence-electron chi connectivity index (χ1n) is 8.68. The van der Waals surface area contributed by atoms with Crippen molar-refractivity contribution in [2.75, 3.05) is 6.61 Å². The van der Waals surface area contributed by atoms with Crippen LogP contribution in [-0.2, 0) is 0 Å². The van der Waals surface area contributed by atoms with Gasteiger partial charge in [0.2, 0.25) is 0 Å². The maximum Gasteiger partial charge on any atom is 0.261 e. The normalized spacial score (nSPS) is 11.1. The lowest BCUT2D eigenvalue weighted by atomic mass is 10.1. The van der Waals surface area contributed by atoms with Gasteiger partial charge in [0.25, 0.3) is 5.91 Å². The molecule has 1 amide bonds. The summed E-state index contributed by atoms with van der Waals surface area (Å²) in [6.45, 7) is 4.02. The van der Waals surface area contributed by atoms with Gasteiger partial charge in [-0.2, -0.15) is 5.10 Å². The highest BCUT2D eigenvalue weighted by Gasteiger charge is 2.25. The summed E-state index contributed by atoms with van der Waals surface area (Å²) in [5.74, 6) is -0.876. The van der Waals surface area contributed by atoms with Crippen molar-refractivity contribution in [3.8, 4) is 27.6 Å². The van der Waals surface area contributed by atoms with Crippen LogP contribution in [0.2, 0.25) is 0 Å². The third-order valence-electron chi connectivity index (χ3n) is 4.29. The molecule has 0 bridgehead atoms. The molecule has 4 rings (SSSR count). The van der Waals surface area contributed by atoms with Gasteiger partial charge in [-0.1, -0.05) is 12.1 Å². The largest absolute Gasteiger partial charge is 0.493 e. The molecule has 2 N–H and O–H groups in total. The zero-order valence-corrected chi connectivity index (χ0v) is 16.1. The number of amides is 1. The van der Waals surface area contributed by atoms with Crippen LogP contribution in [0.3, 0.4) is 0 Å². The fraction of sp³-hybridized carbons (Fsp3) is 0.150. The van der Waals surface area contributed by atoms with E-state index in [1.54, 1.807) is 23.6 Å². The number of nitrogens with two attached hydrogens (primary N) is 1. The van der Waals surface area contributed by atoms with Crippen molar-refractivity contribution in [2.24, 2.45) is 5.73 Å². The summed E-state index contributed by atoms with van der Waals surface area (Å²) in [7, 11) is 0. The van der Waals surface area contributed by atoms with Gasteiger partial charge in [0.1, 0.15) is 27.1 Å². The molecule has 8 heteroatoms. The minimum absolute atomic E-state index is 0.134. The Bertz CT molecular complexity index is 1200. The van der Waals surface area contributed by atoms with Crippen LogP contribution >= 0.6 is 11.3 Å². The average Bonchev–Trinajstić information content (AvgIpc) is 3.22. The van der Waals surface area contributed by atoms with E-state index in [0.717, 1.165) is 28.1 Å². The first-order valence-corrected chi connectivity index (χ1v) is 9.49. The molecule has 1 aromatic carbocycles. The molecule has 0 radical (unpaired) electrons. The maximum absolute atomic E-state index is 14.7. The number of hydrogen-bond acceptors (Lipinski definition) is 5. The van der Waals surface area contributed by atoms with Crippen molar-refractivity contribution in [3.63, 3.8) is 0 Å². The van der Waals surface area contributed by atoms with E-state index in [9.17, 15) is 9.18 Å². The van der Waals surface area contributed by atoms with Crippen LogP contribution in [0.15, 0.2) is 42.6 Å². The molecule has 0 saturated carbocycles. The molecule has 4 aromatic rings. The van der Waals surface area contributed by atoms with Crippen molar-refractivity contribution < 1.29 is 13.9 Å². The Hall–Kier alpha value is -3.26. The number of fused-ring (bicyclic) bond motifs is 1. The molecule has 28 heavy (non-hydrogen) atoms. The molecular formula is C20H17FN4O2S. The van der Waals surface area contributed by atoms with Gasteiger partial charge >= 0.3 is 0 Å². The number of aromatic nitrogens is 3. The number of thiazole rings is 1. The second-order valence-corrected chi connectivity index (χ2v) is 7.10. The fourth-order valence-corrected chi connectivity index (χ4v) is 4.18. The molecule has 0 unspecified atom stereocenters. The molecule has 0 aliphatic carbocycles. The van der Waals surface area contributed by atoms with Crippen molar-refractivity contribution in [1.82, 2.24) is 14.6 Å². The highest BCUT2D eigenvalue weighted by atomic mass is 32.1. The standard InChI is InChI=1S/C20H17FN4O2S/c1-3-27-14-9-6-7-12(21)16(14)17-18(19(22)26)28-20(23-17)15-11(2)24-25-10-5-4-8-13(15)25/h4-10H,3H2,1-2H3,(H2,22,26). The number of primary amides is 1. The van der Waals surface area contributed by atoms with E-state index in [4.69, 9.17) is 10.5 Å². The molecule has 6 nitrogen and oxygen atoms in total. The Kier molecular flexibility index (Phi) is 4.56. The van der Waals surface area contributed by atoms with E-state index in [1.165, 1.54) is 6.07 Å². The number of rotatable bonds is 5. The molecule has 3 aromatic heterocycles.